The minimum atomic E-state index is -1.62. The molecule has 0 saturated carbocycles. The Labute approximate surface area is 459 Å². The molecule has 0 spiro atoms. The van der Waals surface area contributed by atoms with E-state index >= 15 is 0 Å². The van der Waals surface area contributed by atoms with Crippen molar-refractivity contribution in [2.24, 2.45) is 0 Å². The van der Waals surface area contributed by atoms with Gasteiger partial charge in [0.2, 0.25) is 0 Å². The molecule has 0 fully saturated rings. The first-order valence-corrected chi connectivity index (χ1v) is 32.3. The molecule has 0 rings (SSSR count). The standard InChI is InChI=1S/C65H125NO8/c1-6-8-10-12-14-16-18-20-22-24-26-27-28-29-30-31-32-33-34-35-36-37-38-40-41-43-45-47-49-51-53-55-62(67)72-59-61(60-73-65(64(69)70)71-58-57-66(3,4)5)74-63(68)56-54-52-50-48-46-44-42-39-25-23-21-19-17-15-13-11-9-7-2/h23,25,61,65H,6-22,24,26-60H2,1-5H3/b25-23-. The molecule has 0 aliphatic carbocycles. The molecule has 74 heavy (non-hydrogen) atoms. The zero-order valence-electron chi connectivity index (χ0n) is 50.0. The Morgan fingerprint density at radius 3 is 1.00 bits per heavy atom. The fourth-order valence-corrected chi connectivity index (χ4v) is 9.77. The van der Waals surface area contributed by atoms with Crippen LogP contribution in [0, 0.1) is 0 Å². The quantitative estimate of drug-likeness (QED) is 0.0195. The van der Waals surface area contributed by atoms with Crippen LogP contribution in [0.3, 0.4) is 0 Å². The molecule has 0 saturated heterocycles. The molecule has 0 N–H and O–H groups in total. The maximum atomic E-state index is 12.9. The second kappa shape index (κ2) is 57.2. The largest absolute Gasteiger partial charge is 0.545 e. The Morgan fingerprint density at radius 1 is 0.392 bits per heavy atom. The van der Waals surface area contributed by atoms with Crippen molar-refractivity contribution in [1.29, 1.82) is 0 Å². The Bertz CT molecular complexity index is 1220. The van der Waals surface area contributed by atoms with Crippen molar-refractivity contribution in [1.82, 2.24) is 0 Å². The van der Waals surface area contributed by atoms with Gasteiger partial charge in [-0.15, -0.1) is 0 Å². The number of carboxylic acid groups (broad SMARTS) is 1. The Hall–Kier alpha value is -1.97. The molecule has 0 aromatic heterocycles. The fraction of sp³-hybridized carbons (Fsp3) is 0.923. The number of carbonyl (C=O) groups is 3. The van der Waals surface area contributed by atoms with Crippen molar-refractivity contribution in [3.63, 3.8) is 0 Å². The van der Waals surface area contributed by atoms with Crippen molar-refractivity contribution in [2.75, 3.05) is 47.5 Å². The van der Waals surface area contributed by atoms with Gasteiger partial charge in [-0.25, -0.2) is 0 Å². The lowest BCUT2D eigenvalue weighted by atomic mass is 10.0. The van der Waals surface area contributed by atoms with E-state index < -0.39 is 24.3 Å². The number of rotatable bonds is 61. The van der Waals surface area contributed by atoms with Gasteiger partial charge in [-0.1, -0.05) is 289 Å². The van der Waals surface area contributed by atoms with Crippen LogP contribution in [-0.2, 0) is 33.3 Å². The van der Waals surface area contributed by atoms with E-state index in [1.54, 1.807) is 0 Å². The molecule has 9 nitrogen and oxygen atoms in total. The summed E-state index contributed by atoms with van der Waals surface area (Å²) >= 11 is 0. The molecule has 0 aromatic carbocycles. The number of likely N-dealkylation sites (N-methyl/N-ethyl adjacent to an activating group) is 1. The first-order valence-electron chi connectivity index (χ1n) is 32.3. The van der Waals surface area contributed by atoms with Crippen LogP contribution in [0.25, 0.3) is 0 Å². The molecule has 438 valence electrons. The van der Waals surface area contributed by atoms with Gasteiger partial charge in [0.05, 0.1) is 40.3 Å². The Morgan fingerprint density at radius 2 is 0.689 bits per heavy atom. The van der Waals surface area contributed by atoms with E-state index in [1.807, 2.05) is 21.1 Å². The number of ether oxygens (including phenoxy) is 4. The molecule has 0 aliphatic heterocycles. The number of allylic oxidation sites excluding steroid dienone is 2. The predicted molar refractivity (Wildman–Crippen MR) is 311 cm³/mol. The summed E-state index contributed by atoms with van der Waals surface area (Å²) in [6, 6.07) is 0. The number of hydrogen-bond donors (Lipinski definition) is 0. The van der Waals surface area contributed by atoms with E-state index in [4.69, 9.17) is 18.9 Å². The number of carbonyl (C=O) groups excluding carboxylic acids is 3. The highest BCUT2D eigenvalue weighted by Crippen LogP contribution is 2.18. The lowest BCUT2D eigenvalue weighted by Crippen LogP contribution is -2.44. The maximum Gasteiger partial charge on any atom is 0.306 e. The Balaban J connectivity index is 4.05. The van der Waals surface area contributed by atoms with Crippen LogP contribution >= 0.6 is 0 Å². The predicted octanol–water partition coefficient (Wildman–Crippen LogP) is 18.0. The summed E-state index contributed by atoms with van der Waals surface area (Å²) in [5.74, 6) is -2.26. The zero-order chi connectivity index (χ0) is 54.1. The molecular weight excluding hydrogens is 923 g/mol. The fourth-order valence-electron chi connectivity index (χ4n) is 9.77. The molecule has 0 amide bonds. The van der Waals surface area contributed by atoms with Crippen LogP contribution < -0.4 is 5.11 Å². The second-order valence-corrected chi connectivity index (χ2v) is 23.4. The van der Waals surface area contributed by atoms with Gasteiger partial charge in [-0.2, -0.15) is 0 Å². The molecule has 0 aromatic rings. The van der Waals surface area contributed by atoms with E-state index in [-0.39, 0.29) is 32.2 Å². The van der Waals surface area contributed by atoms with Gasteiger partial charge in [0.25, 0.3) is 0 Å². The molecule has 0 heterocycles. The number of esters is 2. The van der Waals surface area contributed by atoms with E-state index in [9.17, 15) is 19.5 Å². The van der Waals surface area contributed by atoms with Gasteiger partial charge in [-0.05, 0) is 38.5 Å². The first kappa shape index (κ1) is 72.0. The highest BCUT2D eigenvalue weighted by atomic mass is 16.7. The Kier molecular flexibility index (Phi) is 55.7. The van der Waals surface area contributed by atoms with Crippen LogP contribution in [0.1, 0.15) is 328 Å². The van der Waals surface area contributed by atoms with Gasteiger partial charge in [0.1, 0.15) is 13.2 Å². The SMILES string of the molecule is CCCCCCCCC/C=C\CCCCCCCCCC(=O)OC(COC(=O)CCCCCCCCCCCCCCCCCCCCCCCCCCCCCCCCC)COC(OCC[N+](C)(C)C)C(=O)[O-]. The monoisotopic (exact) mass is 1050 g/mol. The highest BCUT2D eigenvalue weighted by molar-refractivity contribution is 5.70. The van der Waals surface area contributed by atoms with Crippen molar-refractivity contribution in [2.45, 2.75) is 341 Å². The average molecular weight is 1050 g/mol. The van der Waals surface area contributed by atoms with Crippen LogP contribution in [0.5, 0.6) is 0 Å². The van der Waals surface area contributed by atoms with Gasteiger partial charge < -0.3 is 33.3 Å². The molecule has 0 bridgehead atoms. The number of carboxylic acids is 1. The zero-order valence-corrected chi connectivity index (χ0v) is 50.0. The molecule has 2 atom stereocenters. The van der Waals surface area contributed by atoms with Crippen molar-refractivity contribution < 1.29 is 42.9 Å². The number of quaternary nitrogens is 1. The van der Waals surface area contributed by atoms with Crippen LogP contribution in [0.4, 0.5) is 0 Å². The third kappa shape index (κ3) is 57.7. The van der Waals surface area contributed by atoms with Crippen LogP contribution in [0.2, 0.25) is 0 Å². The summed E-state index contributed by atoms with van der Waals surface area (Å²) < 4.78 is 22.8. The van der Waals surface area contributed by atoms with Gasteiger partial charge in [0, 0.05) is 12.8 Å². The topological polar surface area (TPSA) is 111 Å². The third-order valence-electron chi connectivity index (χ3n) is 14.8. The van der Waals surface area contributed by atoms with E-state index in [0.29, 0.717) is 23.9 Å². The highest BCUT2D eigenvalue weighted by Gasteiger charge is 2.22. The van der Waals surface area contributed by atoms with Gasteiger partial charge >= 0.3 is 11.9 Å². The summed E-state index contributed by atoms with van der Waals surface area (Å²) in [6.07, 6.45) is 64.3. The summed E-state index contributed by atoms with van der Waals surface area (Å²) in [6.45, 7) is 4.80. The van der Waals surface area contributed by atoms with Gasteiger partial charge in [-0.3, -0.25) is 9.59 Å². The molecule has 0 aliphatic rings. The molecule has 2 unspecified atom stereocenters. The van der Waals surface area contributed by atoms with Crippen molar-refractivity contribution in [3.05, 3.63) is 12.2 Å². The number of nitrogens with zero attached hydrogens (tertiary/aromatic N) is 1. The minimum absolute atomic E-state index is 0.151. The summed E-state index contributed by atoms with van der Waals surface area (Å²) in [4.78, 5) is 37.3. The number of unbranched alkanes of at least 4 members (excludes halogenated alkanes) is 44. The van der Waals surface area contributed by atoms with Crippen molar-refractivity contribution >= 4 is 17.9 Å². The number of aliphatic carboxylic acids is 1. The van der Waals surface area contributed by atoms with Crippen LogP contribution in [-0.4, -0.2) is 82.3 Å². The smallest absolute Gasteiger partial charge is 0.306 e. The lowest BCUT2D eigenvalue weighted by Gasteiger charge is -2.26. The lowest BCUT2D eigenvalue weighted by molar-refractivity contribution is -0.870. The van der Waals surface area contributed by atoms with E-state index in [1.165, 1.54) is 250 Å². The first-order chi connectivity index (χ1) is 36.1. The van der Waals surface area contributed by atoms with Crippen molar-refractivity contribution in [3.8, 4) is 0 Å². The second-order valence-electron chi connectivity index (χ2n) is 23.4. The van der Waals surface area contributed by atoms with E-state index in [2.05, 4.69) is 26.0 Å². The van der Waals surface area contributed by atoms with Crippen LogP contribution in [0.15, 0.2) is 12.2 Å². The maximum absolute atomic E-state index is 12.9. The van der Waals surface area contributed by atoms with Gasteiger partial charge in [0.15, 0.2) is 12.4 Å². The average Bonchev–Trinajstić information content (AvgIpc) is 3.37. The third-order valence-corrected chi connectivity index (χ3v) is 14.8. The summed E-state index contributed by atoms with van der Waals surface area (Å²) in [7, 11) is 5.93. The number of hydrogen-bond acceptors (Lipinski definition) is 8. The molecule has 9 heteroatoms. The van der Waals surface area contributed by atoms with E-state index in [0.717, 1.165) is 44.9 Å². The normalized spacial score (nSPS) is 12.7. The summed E-state index contributed by atoms with van der Waals surface area (Å²) in [5, 5.41) is 11.8. The summed E-state index contributed by atoms with van der Waals surface area (Å²) in [5.41, 5.74) is 0. The molecule has 0 radical (unpaired) electrons. The molecular formula is C65H125NO8. The minimum Gasteiger partial charge on any atom is -0.545 e.